The highest BCUT2D eigenvalue weighted by Gasteiger charge is 2.24. The molecule has 1 saturated carbocycles. The fourth-order valence-corrected chi connectivity index (χ4v) is 4.60. The third-order valence-corrected chi connectivity index (χ3v) is 6.09. The first kappa shape index (κ1) is 21.3. The van der Waals surface area contributed by atoms with Crippen LogP contribution in [0.3, 0.4) is 0 Å². The van der Waals surface area contributed by atoms with Gasteiger partial charge in [0.25, 0.3) is 5.56 Å². The Morgan fingerprint density at radius 3 is 2.69 bits per heavy atom. The molecule has 158 valence electrons. The van der Waals surface area contributed by atoms with Crippen molar-refractivity contribution >= 4 is 23.4 Å². The molecule has 10 nitrogen and oxygen atoms in total. The van der Waals surface area contributed by atoms with Crippen LogP contribution in [0, 0.1) is 6.92 Å². The van der Waals surface area contributed by atoms with Crippen LogP contribution in [0.4, 0.5) is 5.82 Å². The van der Waals surface area contributed by atoms with Gasteiger partial charge < -0.3 is 15.0 Å². The number of Topliss-reactive ketones (excluding diaryl/α,β-unsaturated/α-hetero) is 1. The van der Waals surface area contributed by atoms with Crippen molar-refractivity contribution < 1.29 is 9.53 Å². The third kappa shape index (κ3) is 4.61. The number of H-pyrrole nitrogens is 1. The normalized spacial score (nSPS) is 15.0. The molecule has 0 unspecified atom stereocenters. The van der Waals surface area contributed by atoms with E-state index in [1.165, 1.54) is 38.1 Å². The average Bonchev–Trinajstić information content (AvgIpc) is 3.07. The van der Waals surface area contributed by atoms with Gasteiger partial charge in [-0.1, -0.05) is 31.0 Å². The Morgan fingerprint density at radius 2 is 2.00 bits per heavy atom. The molecule has 1 fully saturated rings. The summed E-state index contributed by atoms with van der Waals surface area (Å²) in [4.78, 5) is 39.1. The van der Waals surface area contributed by atoms with Crippen molar-refractivity contribution in [1.82, 2.24) is 24.3 Å². The SMILES string of the molecule is COCCn1c(N)c(C(=O)CSc2nnc(C)n2C2CCCCC2)c(=O)[nH]c1=O. The van der Waals surface area contributed by atoms with Crippen LogP contribution >= 0.6 is 11.8 Å². The highest BCUT2D eigenvalue weighted by molar-refractivity contribution is 7.99. The lowest BCUT2D eigenvalue weighted by atomic mass is 9.95. The Hall–Kier alpha value is -2.40. The van der Waals surface area contributed by atoms with E-state index in [9.17, 15) is 14.4 Å². The summed E-state index contributed by atoms with van der Waals surface area (Å²) in [6.45, 7) is 2.27. The maximum atomic E-state index is 12.8. The number of anilines is 1. The number of nitrogens with two attached hydrogens (primary N) is 1. The van der Waals surface area contributed by atoms with E-state index in [0.717, 1.165) is 23.2 Å². The topological polar surface area (TPSA) is 138 Å². The van der Waals surface area contributed by atoms with Gasteiger partial charge in [0.15, 0.2) is 10.9 Å². The minimum atomic E-state index is -0.781. The summed E-state index contributed by atoms with van der Waals surface area (Å²) in [5.74, 6) is 0.181. The number of thioether (sulfide) groups is 1. The predicted molar refractivity (Wildman–Crippen MR) is 110 cm³/mol. The van der Waals surface area contributed by atoms with E-state index in [1.54, 1.807) is 0 Å². The molecular formula is C18H26N6O4S. The second-order valence-electron chi connectivity index (χ2n) is 7.07. The molecule has 29 heavy (non-hydrogen) atoms. The van der Waals surface area contributed by atoms with Crippen molar-refractivity contribution in [3.8, 4) is 0 Å². The van der Waals surface area contributed by atoms with Crippen molar-refractivity contribution in [2.45, 2.75) is 56.8 Å². The van der Waals surface area contributed by atoms with Gasteiger partial charge >= 0.3 is 5.69 Å². The molecule has 0 bridgehead atoms. The van der Waals surface area contributed by atoms with Crippen LogP contribution in [0.25, 0.3) is 0 Å². The highest BCUT2D eigenvalue weighted by Crippen LogP contribution is 2.32. The molecule has 0 aliphatic heterocycles. The van der Waals surface area contributed by atoms with Crippen LogP contribution in [0.5, 0.6) is 0 Å². The van der Waals surface area contributed by atoms with E-state index in [2.05, 4.69) is 19.7 Å². The van der Waals surface area contributed by atoms with Crippen LogP contribution in [-0.2, 0) is 11.3 Å². The van der Waals surface area contributed by atoms with Crippen molar-refractivity contribution in [3.05, 3.63) is 32.2 Å². The van der Waals surface area contributed by atoms with Gasteiger partial charge in [0.05, 0.1) is 18.9 Å². The fraction of sp³-hybridized carbons (Fsp3) is 0.611. The van der Waals surface area contributed by atoms with Crippen LogP contribution in [0.15, 0.2) is 14.7 Å². The Labute approximate surface area is 171 Å². The number of nitrogens with zero attached hydrogens (tertiary/aromatic N) is 4. The van der Waals surface area contributed by atoms with E-state index in [4.69, 9.17) is 10.5 Å². The molecule has 2 aromatic rings. The first-order valence-corrected chi connectivity index (χ1v) is 10.6. The molecule has 0 radical (unpaired) electrons. The van der Waals surface area contributed by atoms with Gasteiger partial charge in [0.2, 0.25) is 0 Å². The number of rotatable bonds is 8. The van der Waals surface area contributed by atoms with Gasteiger partial charge in [-0.25, -0.2) is 4.79 Å². The summed E-state index contributed by atoms with van der Waals surface area (Å²) < 4.78 is 8.17. The number of aryl methyl sites for hydroxylation is 1. The predicted octanol–water partition coefficient (Wildman–Crippen LogP) is 1.15. The summed E-state index contributed by atoms with van der Waals surface area (Å²) in [5.41, 5.74) is 4.31. The molecule has 1 aliphatic carbocycles. The first-order chi connectivity index (χ1) is 13.9. The van der Waals surface area contributed by atoms with Crippen LogP contribution in [0.2, 0.25) is 0 Å². The number of aromatic amines is 1. The van der Waals surface area contributed by atoms with Crippen LogP contribution < -0.4 is 17.0 Å². The first-order valence-electron chi connectivity index (χ1n) is 9.63. The number of nitrogen functional groups attached to an aromatic ring is 1. The van der Waals surface area contributed by atoms with Gasteiger partial charge in [-0.15, -0.1) is 10.2 Å². The summed E-state index contributed by atoms with van der Waals surface area (Å²) >= 11 is 1.23. The molecule has 0 saturated heterocycles. The molecule has 3 N–H and O–H groups in total. The van der Waals surface area contributed by atoms with Gasteiger partial charge in [-0.2, -0.15) is 0 Å². The van der Waals surface area contributed by atoms with E-state index < -0.39 is 17.0 Å². The van der Waals surface area contributed by atoms with E-state index in [-0.39, 0.29) is 30.3 Å². The number of carbonyl (C=O) groups is 1. The molecule has 3 rings (SSSR count). The largest absolute Gasteiger partial charge is 0.384 e. The lowest BCUT2D eigenvalue weighted by Crippen LogP contribution is -2.37. The molecule has 1 aliphatic rings. The standard InChI is InChI=1S/C18H26N6O4S/c1-11-21-22-18(24(11)12-6-4-3-5-7-12)29-10-13(25)14-15(19)23(8-9-28-2)17(27)20-16(14)26/h12H,3-10,19H2,1-2H3,(H,20,26,27). The van der Waals surface area contributed by atoms with Crippen molar-refractivity contribution in [2.75, 3.05) is 25.2 Å². The van der Waals surface area contributed by atoms with Gasteiger partial charge in [0, 0.05) is 13.2 Å². The summed E-state index contributed by atoms with van der Waals surface area (Å²) in [6.07, 6.45) is 5.70. The third-order valence-electron chi connectivity index (χ3n) is 5.14. The van der Waals surface area contributed by atoms with Gasteiger partial charge in [-0.3, -0.25) is 19.1 Å². The minimum absolute atomic E-state index is 0.0272. The minimum Gasteiger partial charge on any atom is -0.384 e. The van der Waals surface area contributed by atoms with E-state index in [1.807, 2.05) is 6.92 Å². The zero-order valence-electron chi connectivity index (χ0n) is 16.6. The Balaban J connectivity index is 1.80. The number of hydrogen-bond acceptors (Lipinski definition) is 8. The zero-order valence-corrected chi connectivity index (χ0v) is 17.5. The second kappa shape index (κ2) is 9.40. The average molecular weight is 423 g/mol. The summed E-state index contributed by atoms with van der Waals surface area (Å²) in [7, 11) is 1.49. The Kier molecular flexibility index (Phi) is 6.91. The summed E-state index contributed by atoms with van der Waals surface area (Å²) in [6, 6.07) is 0.334. The lowest BCUT2D eigenvalue weighted by Gasteiger charge is -2.24. The Morgan fingerprint density at radius 1 is 1.28 bits per heavy atom. The molecule has 0 atom stereocenters. The smallest absolute Gasteiger partial charge is 0.330 e. The lowest BCUT2D eigenvalue weighted by molar-refractivity contribution is 0.102. The molecule has 2 aromatic heterocycles. The number of ketones is 1. The molecule has 0 spiro atoms. The zero-order chi connectivity index (χ0) is 21.0. The number of nitrogens with one attached hydrogen (secondary N) is 1. The van der Waals surface area contributed by atoms with Crippen LogP contribution in [-0.4, -0.2) is 49.6 Å². The van der Waals surface area contributed by atoms with Crippen molar-refractivity contribution in [1.29, 1.82) is 0 Å². The van der Waals surface area contributed by atoms with Gasteiger partial charge in [-0.05, 0) is 19.8 Å². The molecule has 0 aromatic carbocycles. The summed E-state index contributed by atoms with van der Waals surface area (Å²) in [5, 5.41) is 9.03. The van der Waals surface area contributed by atoms with Crippen molar-refractivity contribution in [3.63, 3.8) is 0 Å². The number of aromatic nitrogens is 5. The van der Waals surface area contributed by atoms with E-state index in [0.29, 0.717) is 11.2 Å². The fourth-order valence-electron chi connectivity index (χ4n) is 3.67. The quantitative estimate of drug-likeness (QED) is 0.477. The number of hydrogen-bond donors (Lipinski definition) is 2. The second-order valence-corrected chi connectivity index (χ2v) is 8.01. The molecule has 0 amide bonds. The van der Waals surface area contributed by atoms with E-state index >= 15 is 0 Å². The molecule has 2 heterocycles. The molecular weight excluding hydrogens is 396 g/mol. The van der Waals surface area contributed by atoms with Crippen molar-refractivity contribution in [2.24, 2.45) is 0 Å². The Bertz CT molecular complexity index is 989. The van der Waals surface area contributed by atoms with Crippen LogP contribution in [0.1, 0.15) is 54.3 Å². The number of carbonyl (C=O) groups excluding carboxylic acids is 1. The maximum Gasteiger partial charge on any atom is 0.330 e. The monoisotopic (exact) mass is 422 g/mol. The van der Waals surface area contributed by atoms with Gasteiger partial charge in [0.1, 0.15) is 17.2 Å². The highest BCUT2D eigenvalue weighted by atomic mass is 32.2. The maximum absolute atomic E-state index is 12.8. The number of ether oxygens (including phenoxy) is 1. The number of methoxy groups -OCH3 is 1. The molecule has 11 heteroatoms.